The fourth-order valence-corrected chi connectivity index (χ4v) is 3.73. The summed E-state index contributed by atoms with van der Waals surface area (Å²) in [7, 11) is 4.96. The maximum absolute atomic E-state index is 5.88. The molecule has 4 rings (SSSR count). The van der Waals surface area contributed by atoms with Crippen molar-refractivity contribution in [2.24, 2.45) is 0 Å². The molecule has 0 bridgehead atoms. The smallest absolute Gasteiger partial charge is 0.247 e. The SMILES string of the molecule is COc1cc(OC)c(C2=CCN(Cc3nnc(-c4ccc(C)cc4)o3)CC2)c(OC)c1. The Balaban J connectivity index is 1.47. The van der Waals surface area contributed by atoms with Crippen molar-refractivity contribution in [1.82, 2.24) is 15.1 Å². The highest BCUT2D eigenvalue weighted by Gasteiger charge is 2.22. The molecule has 7 heteroatoms. The molecule has 0 unspecified atom stereocenters. The molecule has 1 aliphatic heterocycles. The van der Waals surface area contributed by atoms with Crippen LogP contribution in [0.3, 0.4) is 0 Å². The molecule has 162 valence electrons. The molecule has 7 nitrogen and oxygen atoms in total. The fourth-order valence-electron chi connectivity index (χ4n) is 3.73. The Morgan fingerprint density at radius 1 is 0.968 bits per heavy atom. The molecule has 0 atom stereocenters. The highest BCUT2D eigenvalue weighted by atomic mass is 16.5. The Morgan fingerprint density at radius 3 is 2.26 bits per heavy atom. The predicted molar refractivity (Wildman–Crippen MR) is 118 cm³/mol. The summed E-state index contributed by atoms with van der Waals surface area (Å²) in [5.74, 6) is 3.37. The van der Waals surface area contributed by atoms with Gasteiger partial charge in [-0.3, -0.25) is 4.90 Å². The van der Waals surface area contributed by atoms with Crippen LogP contribution in [0.4, 0.5) is 0 Å². The van der Waals surface area contributed by atoms with Crippen molar-refractivity contribution in [3.63, 3.8) is 0 Å². The van der Waals surface area contributed by atoms with E-state index in [0.717, 1.165) is 42.1 Å². The van der Waals surface area contributed by atoms with Gasteiger partial charge in [0.15, 0.2) is 0 Å². The molecule has 3 aromatic rings. The van der Waals surface area contributed by atoms with Crippen molar-refractivity contribution >= 4 is 5.57 Å². The number of hydrogen-bond acceptors (Lipinski definition) is 7. The monoisotopic (exact) mass is 421 g/mol. The van der Waals surface area contributed by atoms with Crippen LogP contribution in [0.15, 0.2) is 46.9 Å². The zero-order valence-corrected chi connectivity index (χ0v) is 18.3. The summed E-state index contributed by atoms with van der Waals surface area (Å²) in [4.78, 5) is 2.28. The van der Waals surface area contributed by atoms with Gasteiger partial charge in [-0.2, -0.15) is 0 Å². The van der Waals surface area contributed by atoms with E-state index >= 15 is 0 Å². The zero-order valence-electron chi connectivity index (χ0n) is 18.3. The average Bonchev–Trinajstić information content (AvgIpc) is 3.27. The first-order chi connectivity index (χ1) is 15.1. The van der Waals surface area contributed by atoms with Gasteiger partial charge >= 0.3 is 0 Å². The van der Waals surface area contributed by atoms with Crippen LogP contribution in [0.5, 0.6) is 17.2 Å². The van der Waals surface area contributed by atoms with E-state index in [-0.39, 0.29) is 0 Å². The standard InChI is InChI=1S/C24H27N3O4/c1-16-5-7-18(8-6-16)24-26-25-22(31-24)15-27-11-9-17(10-12-27)23-20(29-3)13-19(28-2)14-21(23)30-4/h5-9,13-14H,10-12,15H2,1-4H3. The van der Waals surface area contributed by atoms with E-state index in [1.807, 2.05) is 36.4 Å². The molecule has 1 aliphatic rings. The molecular weight excluding hydrogens is 394 g/mol. The number of ether oxygens (including phenoxy) is 3. The Kier molecular flexibility index (Phi) is 6.23. The van der Waals surface area contributed by atoms with E-state index in [0.29, 0.717) is 24.1 Å². The highest BCUT2D eigenvalue weighted by molar-refractivity contribution is 5.77. The van der Waals surface area contributed by atoms with Crippen molar-refractivity contribution in [1.29, 1.82) is 0 Å². The van der Waals surface area contributed by atoms with Gasteiger partial charge in [0.2, 0.25) is 11.8 Å². The summed E-state index contributed by atoms with van der Waals surface area (Å²) in [6.07, 6.45) is 3.06. The van der Waals surface area contributed by atoms with E-state index in [9.17, 15) is 0 Å². The first-order valence-corrected chi connectivity index (χ1v) is 10.2. The Morgan fingerprint density at radius 2 is 1.68 bits per heavy atom. The van der Waals surface area contributed by atoms with E-state index in [1.54, 1.807) is 21.3 Å². The second kappa shape index (κ2) is 9.22. The van der Waals surface area contributed by atoms with Crippen molar-refractivity contribution in [2.75, 3.05) is 34.4 Å². The molecule has 1 aromatic heterocycles. The first kappa shape index (κ1) is 20.9. The van der Waals surface area contributed by atoms with Gasteiger partial charge in [0.05, 0.1) is 33.4 Å². The van der Waals surface area contributed by atoms with Crippen LogP contribution in [0.25, 0.3) is 17.0 Å². The van der Waals surface area contributed by atoms with E-state index in [1.165, 1.54) is 11.1 Å². The Labute approximate surface area is 182 Å². The number of aromatic nitrogens is 2. The minimum atomic E-state index is 0.552. The normalized spacial score (nSPS) is 14.3. The summed E-state index contributed by atoms with van der Waals surface area (Å²) < 4.78 is 22.5. The third-order valence-corrected chi connectivity index (χ3v) is 5.45. The quantitative estimate of drug-likeness (QED) is 0.561. The second-order valence-electron chi connectivity index (χ2n) is 7.49. The number of methoxy groups -OCH3 is 3. The van der Waals surface area contributed by atoms with Gasteiger partial charge in [0, 0.05) is 30.8 Å². The topological polar surface area (TPSA) is 69.9 Å². The molecule has 0 fully saturated rings. The summed E-state index contributed by atoms with van der Waals surface area (Å²) in [5, 5.41) is 8.43. The summed E-state index contributed by atoms with van der Waals surface area (Å²) in [6.45, 7) is 4.31. The fraction of sp³-hybridized carbons (Fsp3) is 0.333. The lowest BCUT2D eigenvalue weighted by Crippen LogP contribution is -2.28. The molecular formula is C24H27N3O4. The van der Waals surface area contributed by atoms with Crippen LogP contribution < -0.4 is 14.2 Å². The number of aryl methyl sites for hydroxylation is 1. The molecule has 2 heterocycles. The van der Waals surface area contributed by atoms with E-state index in [2.05, 4.69) is 28.1 Å². The first-order valence-electron chi connectivity index (χ1n) is 10.2. The molecule has 31 heavy (non-hydrogen) atoms. The average molecular weight is 421 g/mol. The predicted octanol–water partition coefficient (Wildman–Crippen LogP) is 4.36. The number of nitrogens with zero attached hydrogens (tertiary/aromatic N) is 3. The van der Waals surface area contributed by atoms with Gasteiger partial charge in [-0.25, -0.2) is 0 Å². The summed E-state index contributed by atoms with van der Waals surface area (Å²) in [5.41, 5.74) is 4.30. The van der Waals surface area contributed by atoms with Crippen molar-refractivity contribution in [3.05, 3.63) is 59.5 Å². The van der Waals surface area contributed by atoms with Crippen LogP contribution in [0.2, 0.25) is 0 Å². The van der Waals surface area contributed by atoms with Crippen LogP contribution >= 0.6 is 0 Å². The number of rotatable bonds is 7. The van der Waals surface area contributed by atoms with Gasteiger partial charge < -0.3 is 18.6 Å². The number of hydrogen-bond donors (Lipinski definition) is 0. The zero-order chi connectivity index (χ0) is 21.8. The lowest BCUT2D eigenvalue weighted by atomic mass is 9.97. The maximum atomic E-state index is 5.88. The van der Waals surface area contributed by atoms with Crippen LogP contribution in [0, 0.1) is 6.92 Å². The van der Waals surface area contributed by atoms with Crippen molar-refractivity contribution in [3.8, 4) is 28.7 Å². The van der Waals surface area contributed by atoms with Gasteiger partial charge in [0.25, 0.3) is 0 Å². The summed E-state index contributed by atoms with van der Waals surface area (Å²) in [6, 6.07) is 11.8. The molecule has 0 saturated carbocycles. The van der Waals surface area contributed by atoms with Crippen molar-refractivity contribution < 1.29 is 18.6 Å². The lowest BCUT2D eigenvalue weighted by Gasteiger charge is -2.26. The minimum Gasteiger partial charge on any atom is -0.496 e. The van der Waals surface area contributed by atoms with Gasteiger partial charge in [0.1, 0.15) is 17.2 Å². The van der Waals surface area contributed by atoms with Gasteiger partial charge in [-0.15, -0.1) is 10.2 Å². The minimum absolute atomic E-state index is 0.552. The Hall–Kier alpha value is -3.32. The molecule has 0 radical (unpaired) electrons. The molecule has 0 saturated heterocycles. The Bertz CT molecular complexity index is 1050. The van der Waals surface area contributed by atoms with E-state index < -0.39 is 0 Å². The molecule has 2 aromatic carbocycles. The van der Waals surface area contributed by atoms with Gasteiger partial charge in [-0.1, -0.05) is 23.8 Å². The molecule has 0 spiro atoms. The highest BCUT2D eigenvalue weighted by Crippen LogP contribution is 2.41. The summed E-state index contributed by atoms with van der Waals surface area (Å²) >= 11 is 0. The van der Waals surface area contributed by atoms with E-state index in [4.69, 9.17) is 18.6 Å². The molecule has 0 aliphatic carbocycles. The molecule has 0 amide bonds. The largest absolute Gasteiger partial charge is 0.496 e. The maximum Gasteiger partial charge on any atom is 0.247 e. The van der Waals surface area contributed by atoms with Crippen LogP contribution in [-0.2, 0) is 6.54 Å². The van der Waals surface area contributed by atoms with Crippen molar-refractivity contribution in [2.45, 2.75) is 19.9 Å². The second-order valence-corrected chi connectivity index (χ2v) is 7.49. The van der Waals surface area contributed by atoms with Gasteiger partial charge in [-0.05, 0) is 31.1 Å². The lowest BCUT2D eigenvalue weighted by molar-refractivity contribution is 0.262. The molecule has 0 N–H and O–H groups in total. The number of benzene rings is 2. The van der Waals surface area contributed by atoms with Crippen LogP contribution in [0.1, 0.15) is 23.4 Å². The third kappa shape index (κ3) is 4.56. The van der Waals surface area contributed by atoms with Crippen LogP contribution in [-0.4, -0.2) is 49.5 Å². The third-order valence-electron chi connectivity index (χ3n) is 5.45.